The third-order valence-electron chi connectivity index (χ3n) is 3.93. The Kier molecular flexibility index (Phi) is 2.96. The van der Waals surface area contributed by atoms with E-state index < -0.39 is 0 Å². The van der Waals surface area contributed by atoms with E-state index in [4.69, 9.17) is 11.6 Å². The van der Waals surface area contributed by atoms with E-state index in [0.29, 0.717) is 11.6 Å². The molecule has 1 aliphatic rings. The van der Waals surface area contributed by atoms with Gasteiger partial charge in [0.25, 0.3) is 0 Å². The fraction of sp³-hybridized carbons (Fsp3) is 0.235. The molecular formula is C17H14ClFN2. The maximum absolute atomic E-state index is 14.0. The van der Waals surface area contributed by atoms with E-state index >= 15 is 0 Å². The molecule has 0 saturated heterocycles. The lowest BCUT2D eigenvalue weighted by Gasteiger charge is -2.13. The summed E-state index contributed by atoms with van der Waals surface area (Å²) < 4.78 is 16.1. The smallest absolute Gasteiger partial charge is 0.151 e. The minimum atomic E-state index is -0.362. The molecule has 0 bridgehead atoms. The Morgan fingerprint density at radius 1 is 1.10 bits per heavy atom. The normalized spacial score (nSPS) is 16.3. The molecule has 1 unspecified atom stereocenters. The van der Waals surface area contributed by atoms with Crippen molar-refractivity contribution in [3.05, 3.63) is 65.7 Å². The summed E-state index contributed by atoms with van der Waals surface area (Å²) in [4.78, 5) is 4.51. The number of rotatable bonds is 3. The lowest BCUT2D eigenvalue weighted by molar-refractivity contribution is 0.637. The van der Waals surface area contributed by atoms with E-state index in [0.717, 1.165) is 29.7 Å². The topological polar surface area (TPSA) is 17.8 Å². The zero-order chi connectivity index (χ0) is 14.4. The average Bonchev–Trinajstić information content (AvgIpc) is 3.28. The first-order valence-electron chi connectivity index (χ1n) is 7.11. The summed E-state index contributed by atoms with van der Waals surface area (Å²) in [5.41, 5.74) is 2.24. The van der Waals surface area contributed by atoms with Crippen molar-refractivity contribution in [1.29, 1.82) is 0 Å². The van der Waals surface area contributed by atoms with E-state index in [9.17, 15) is 4.39 Å². The zero-order valence-electron chi connectivity index (χ0n) is 11.3. The Labute approximate surface area is 127 Å². The molecule has 1 saturated carbocycles. The number of hydrogen-bond acceptors (Lipinski definition) is 1. The maximum Gasteiger partial charge on any atom is 0.151 e. The molecule has 1 aromatic heterocycles. The van der Waals surface area contributed by atoms with Crippen LogP contribution in [-0.2, 0) is 0 Å². The molecule has 0 spiro atoms. The molecule has 1 aliphatic carbocycles. The van der Waals surface area contributed by atoms with E-state index in [-0.39, 0.29) is 11.2 Å². The summed E-state index contributed by atoms with van der Waals surface area (Å²) in [6, 6.07) is 15.3. The van der Waals surface area contributed by atoms with Gasteiger partial charge in [-0.05, 0) is 30.5 Å². The number of imidazole rings is 1. The Balaban J connectivity index is 1.92. The molecule has 1 fully saturated rings. The van der Waals surface area contributed by atoms with Gasteiger partial charge >= 0.3 is 0 Å². The van der Waals surface area contributed by atoms with Gasteiger partial charge in [0.1, 0.15) is 16.7 Å². The second kappa shape index (κ2) is 4.85. The van der Waals surface area contributed by atoms with Crippen molar-refractivity contribution >= 4 is 22.6 Å². The monoisotopic (exact) mass is 300 g/mol. The number of halogens is 2. The van der Waals surface area contributed by atoms with E-state index in [2.05, 4.69) is 9.55 Å². The molecule has 2 nitrogen and oxygen atoms in total. The highest BCUT2D eigenvalue weighted by Crippen LogP contribution is 2.42. The Morgan fingerprint density at radius 2 is 1.86 bits per heavy atom. The third-order valence-corrected chi connectivity index (χ3v) is 4.38. The van der Waals surface area contributed by atoms with Crippen LogP contribution in [0.4, 0.5) is 4.39 Å². The number of hydrogen-bond donors (Lipinski definition) is 0. The summed E-state index contributed by atoms with van der Waals surface area (Å²) in [7, 11) is 0. The van der Waals surface area contributed by atoms with Crippen molar-refractivity contribution in [2.45, 2.75) is 24.3 Å². The van der Waals surface area contributed by atoms with Crippen molar-refractivity contribution in [2.75, 3.05) is 0 Å². The number of alkyl halides is 1. The number of aromatic nitrogens is 2. The molecular weight excluding hydrogens is 287 g/mol. The van der Waals surface area contributed by atoms with E-state index in [1.54, 1.807) is 6.07 Å². The Bertz CT molecular complexity index is 793. The lowest BCUT2D eigenvalue weighted by Crippen LogP contribution is -2.05. The van der Waals surface area contributed by atoms with Crippen LogP contribution in [0.15, 0.2) is 48.5 Å². The van der Waals surface area contributed by atoms with Crippen molar-refractivity contribution in [1.82, 2.24) is 9.55 Å². The standard InChI is InChI=1S/C17H14ClFN2/c18-15(11-5-2-1-3-6-11)17-20-16-13(19)7-4-8-14(16)21(17)12-9-10-12/h1-8,12,15H,9-10H2. The fourth-order valence-corrected chi connectivity index (χ4v) is 3.07. The maximum atomic E-state index is 14.0. The number of nitrogens with zero attached hydrogens (tertiary/aromatic N) is 2. The Hall–Kier alpha value is -1.87. The van der Waals surface area contributed by atoms with Crippen molar-refractivity contribution in [3.63, 3.8) is 0 Å². The van der Waals surface area contributed by atoms with Crippen molar-refractivity contribution in [3.8, 4) is 0 Å². The molecule has 4 heteroatoms. The van der Waals surface area contributed by atoms with Gasteiger partial charge in [-0.1, -0.05) is 36.4 Å². The van der Waals surface area contributed by atoms with Crippen LogP contribution in [0, 0.1) is 5.82 Å². The van der Waals surface area contributed by atoms with Crippen LogP contribution in [0.2, 0.25) is 0 Å². The first-order valence-corrected chi connectivity index (χ1v) is 7.54. The summed E-state index contributed by atoms with van der Waals surface area (Å²) in [6.45, 7) is 0. The highest BCUT2D eigenvalue weighted by molar-refractivity contribution is 6.22. The van der Waals surface area contributed by atoms with Gasteiger partial charge in [0.2, 0.25) is 0 Å². The highest BCUT2D eigenvalue weighted by atomic mass is 35.5. The van der Waals surface area contributed by atoms with Gasteiger partial charge in [-0.25, -0.2) is 9.37 Å². The molecule has 0 amide bonds. The van der Waals surface area contributed by atoms with Crippen LogP contribution in [-0.4, -0.2) is 9.55 Å². The van der Waals surface area contributed by atoms with Crippen LogP contribution in [0.1, 0.15) is 35.6 Å². The molecule has 106 valence electrons. The predicted octanol–water partition coefficient (Wildman–Crippen LogP) is 4.84. The van der Waals surface area contributed by atoms with Crippen LogP contribution in [0.5, 0.6) is 0 Å². The lowest BCUT2D eigenvalue weighted by atomic mass is 10.1. The predicted molar refractivity (Wildman–Crippen MR) is 82.1 cm³/mol. The van der Waals surface area contributed by atoms with Gasteiger partial charge in [-0.15, -0.1) is 11.6 Å². The average molecular weight is 301 g/mol. The summed E-state index contributed by atoms with van der Waals surface area (Å²) in [5.74, 6) is 0.454. The van der Waals surface area contributed by atoms with Gasteiger partial charge in [-0.2, -0.15) is 0 Å². The second-order valence-electron chi connectivity index (χ2n) is 5.45. The Morgan fingerprint density at radius 3 is 2.57 bits per heavy atom. The summed E-state index contributed by atoms with van der Waals surface area (Å²) in [6.07, 6.45) is 2.21. The van der Waals surface area contributed by atoms with Crippen molar-refractivity contribution < 1.29 is 4.39 Å². The SMILES string of the molecule is Fc1cccc2c1nc(C(Cl)c1ccccc1)n2C1CC1. The van der Waals surface area contributed by atoms with E-state index in [1.165, 1.54) is 6.07 Å². The first kappa shape index (κ1) is 12.8. The summed E-state index contributed by atoms with van der Waals surface area (Å²) in [5, 5.41) is -0.362. The molecule has 4 rings (SSSR count). The molecule has 0 N–H and O–H groups in total. The van der Waals surface area contributed by atoms with Gasteiger partial charge in [-0.3, -0.25) is 0 Å². The fourth-order valence-electron chi connectivity index (χ4n) is 2.77. The number of benzene rings is 2. The highest BCUT2D eigenvalue weighted by Gasteiger charge is 2.31. The number of fused-ring (bicyclic) bond motifs is 1. The largest absolute Gasteiger partial charge is 0.323 e. The quantitative estimate of drug-likeness (QED) is 0.633. The first-order chi connectivity index (χ1) is 10.3. The third kappa shape index (κ3) is 2.12. The van der Waals surface area contributed by atoms with Crippen molar-refractivity contribution in [2.24, 2.45) is 0 Å². The second-order valence-corrected chi connectivity index (χ2v) is 5.89. The van der Waals surface area contributed by atoms with Crippen LogP contribution in [0.3, 0.4) is 0 Å². The van der Waals surface area contributed by atoms with E-state index in [1.807, 2.05) is 36.4 Å². The molecule has 0 radical (unpaired) electrons. The molecule has 1 heterocycles. The van der Waals surface area contributed by atoms with Gasteiger partial charge < -0.3 is 4.57 Å². The molecule has 1 atom stereocenters. The zero-order valence-corrected chi connectivity index (χ0v) is 12.1. The van der Waals surface area contributed by atoms with Gasteiger partial charge in [0, 0.05) is 6.04 Å². The molecule has 0 aliphatic heterocycles. The van der Waals surface area contributed by atoms with Crippen LogP contribution >= 0.6 is 11.6 Å². The minimum absolute atomic E-state index is 0.287. The van der Waals surface area contributed by atoms with Crippen LogP contribution in [0.25, 0.3) is 11.0 Å². The van der Waals surface area contributed by atoms with Gasteiger partial charge in [0.05, 0.1) is 5.52 Å². The number of para-hydroxylation sites is 1. The summed E-state index contributed by atoms with van der Waals surface area (Å²) >= 11 is 6.63. The van der Waals surface area contributed by atoms with Crippen LogP contribution < -0.4 is 0 Å². The minimum Gasteiger partial charge on any atom is -0.323 e. The van der Waals surface area contributed by atoms with Gasteiger partial charge in [0.15, 0.2) is 5.82 Å². The molecule has 21 heavy (non-hydrogen) atoms. The molecule has 2 aromatic carbocycles. The molecule has 3 aromatic rings.